The summed E-state index contributed by atoms with van der Waals surface area (Å²) in [6.45, 7) is 2.69. The maximum absolute atomic E-state index is 5.86. The van der Waals surface area contributed by atoms with Crippen molar-refractivity contribution in [2.75, 3.05) is 6.54 Å². The van der Waals surface area contributed by atoms with Crippen LogP contribution in [-0.4, -0.2) is 16.7 Å². The summed E-state index contributed by atoms with van der Waals surface area (Å²) < 4.78 is 5.42. The van der Waals surface area contributed by atoms with E-state index < -0.39 is 0 Å². The molecule has 1 heterocycles. The molecule has 0 unspecified atom stereocenters. The van der Waals surface area contributed by atoms with Crippen molar-refractivity contribution >= 4 is 11.8 Å². The minimum absolute atomic E-state index is 0.0419. The molecular formula is C15H19N3OS. The van der Waals surface area contributed by atoms with E-state index in [2.05, 4.69) is 41.3 Å². The first-order valence-corrected chi connectivity index (χ1v) is 7.93. The van der Waals surface area contributed by atoms with Gasteiger partial charge in [-0.15, -0.1) is 11.8 Å². The van der Waals surface area contributed by atoms with Gasteiger partial charge >= 0.3 is 0 Å². The largest absolute Gasteiger partial charge is 0.339 e. The molecule has 1 saturated carbocycles. The summed E-state index contributed by atoms with van der Waals surface area (Å²) in [6, 6.07) is 8.46. The second kappa shape index (κ2) is 5.58. The molecule has 0 radical (unpaired) electrons. The summed E-state index contributed by atoms with van der Waals surface area (Å²) in [6.07, 6.45) is 3.33. The highest BCUT2D eigenvalue weighted by Crippen LogP contribution is 2.42. The van der Waals surface area contributed by atoms with Gasteiger partial charge in [0.15, 0.2) is 5.82 Å². The number of hydrogen-bond acceptors (Lipinski definition) is 5. The molecule has 0 spiro atoms. The zero-order chi connectivity index (χ0) is 14.0. The highest BCUT2D eigenvalue weighted by atomic mass is 32.2. The molecule has 0 aliphatic heterocycles. The predicted octanol–water partition coefficient (Wildman–Crippen LogP) is 3.05. The zero-order valence-corrected chi connectivity index (χ0v) is 12.4. The summed E-state index contributed by atoms with van der Waals surface area (Å²) in [7, 11) is 0. The first kappa shape index (κ1) is 13.6. The molecule has 1 aliphatic carbocycles. The predicted molar refractivity (Wildman–Crippen MR) is 79.6 cm³/mol. The van der Waals surface area contributed by atoms with Crippen LogP contribution in [0.25, 0.3) is 0 Å². The fraction of sp³-hybridized carbons (Fsp3) is 0.467. The summed E-state index contributed by atoms with van der Waals surface area (Å²) in [5.74, 6) is 2.21. The molecule has 5 heteroatoms. The molecule has 1 aliphatic rings. The Morgan fingerprint density at radius 3 is 2.65 bits per heavy atom. The molecule has 0 saturated heterocycles. The van der Waals surface area contributed by atoms with E-state index in [-0.39, 0.29) is 5.41 Å². The van der Waals surface area contributed by atoms with Gasteiger partial charge in [0.25, 0.3) is 0 Å². The quantitative estimate of drug-likeness (QED) is 0.857. The van der Waals surface area contributed by atoms with Crippen molar-refractivity contribution in [3.8, 4) is 0 Å². The second-order valence-corrected chi connectivity index (χ2v) is 6.50. The molecule has 2 N–H and O–H groups in total. The van der Waals surface area contributed by atoms with Crippen LogP contribution in [-0.2, 0) is 11.2 Å². The lowest BCUT2D eigenvalue weighted by Crippen LogP contribution is -2.41. The molecule has 0 atom stereocenters. The number of rotatable bonds is 5. The van der Waals surface area contributed by atoms with Gasteiger partial charge in [-0.25, -0.2) is 0 Å². The number of thioether (sulfide) groups is 1. The Balaban J connectivity index is 1.64. The Morgan fingerprint density at radius 1 is 1.30 bits per heavy atom. The second-order valence-electron chi connectivity index (χ2n) is 5.46. The highest BCUT2D eigenvalue weighted by Gasteiger charge is 2.42. The van der Waals surface area contributed by atoms with Crippen molar-refractivity contribution in [1.29, 1.82) is 0 Å². The fourth-order valence-corrected chi connectivity index (χ4v) is 3.16. The average molecular weight is 289 g/mol. The Labute approximate surface area is 123 Å². The third-order valence-corrected chi connectivity index (χ3v) is 5.02. The fourth-order valence-electron chi connectivity index (χ4n) is 2.42. The lowest BCUT2D eigenvalue weighted by molar-refractivity contribution is 0.181. The van der Waals surface area contributed by atoms with E-state index in [9.17, 15) is 0 Å². The Morgan fingerprint density at radius 2 is 2.05 bits per heavy atom. The van der Waals surface area contributed by atoms with Gasteiger partial charge in [0.05, 0.1) is 11.2 Å². The van der Waals surface area contributed by atoms with Crippen LogP contribution >= 0.6 is 11.8 Å². The third-order valence-electron chi connectivity index (χ3n) is 4.01. The molecule has 3 rings (SSSR count). The van der Waals surface area contributed by atoms with Crippen molar-refractivity contribution in [1.82, 2.24) is 10.1 Å². The van der Waals surface area contributed by atoms with Gasteiger partial charge in [0, 0.05) is 11.4 Å². The summed E-state index contributed by atoms with van der Waals surface area (Å²) in [4.78, 5) is 5.75. The van der Waals surface area contributed by atoms with Crippen LogP contribution in [0, 0.1) is 6.92 Å². The summed E-state index contributed by atoms with van der Waals surface area (Å²) in [5, 5.41) is 4.08. The smallest absolute Gasteiger partial charge is 0.234 e. The number of benzene rings is 1. The SMILES string of the molecule is Cc1ccc(SCc2noc(C3(CN)CCC3)n2)cc1. The monoisotopic (exact) mass is 289 g/mol. The van der Waals surface area contributed by atoms with Crippen LogP contribution in [0.3, 0.4) is 0 Å². The number of aryl methyl sites for hydroxylation is 1. The van der Waals surface area contributed by atoms with Crippen LogP contribution < -0.4 is 5.73 Å². The van der Waals surface area contributed by atoms with Gasteiger partial charge in [-0.05, 0) is 31.9 Å². The van der Waals surface area contributed by atoms with Gasteiger partial charge < -0.3 is 10.3 Å². The number of nitrogens with two attached hydrogens (primary N) is 1. The van der Waals surface area contributed by atoms with Crippen LogP contribution in [0.1, 0.15) is 36.5 Å². The molecule has 1 aromatic carbocycles. The number of nitrogens with zero attached hydrogens (tertiary/aromatic N) is 2. The highest BCUT2D eigenvalue weighted by molar-refractivity contribution is 7.98. The summed E-state index contributed by atoms with van der Waals surface area (Å²) in [5.41, 5.74) is 7.08. The van der Waals surface area contributed by atoms with Crippen molar-refractivity contribution < 1.29 is 4.52 Å². The van der Waals surface area contributed by atoms with Crippen molar-refractivity contribution in [3.63, 3.8) is 0 Å². The average Bonchev–Trinajstić information content (AvgIpc) is 2.87. The lowest BCUT2D eigenvalue weighted by atomic mass is 9.69. The lowest BCUT2D eigenvalue weighted by Gasteiger charge is -2.36. The van der Waals surface area contributed by atoms with Crippen LogP contribution in [0.2, 0.25) is 0 Å². The van der Waals surface area contributed by atoms with Crippen molar-refractivity contribution in [3.05, 3.63) is 41.5 Å². The Kier molecular flexibility index (Phi) is 3.81. The number of aromatic nitrogens is 2. The zero-order valence-electron chi connectivity index (χ0n) is 11.6. The maximum Gasteiger partial charge on any atom is 0.234 e. The molecule has 2 aromatic rings. The van der Waals surface area contributed by atoms with Gasteiger partial charge in [-0.1, -0.05) is 29.3 Å². The van der Waals surface area contributed by atoms with Crippen molar-refractivity contribution in [2.24, 2.45) is 5.73 Å². The first-order valence-electron chi connectivity index (χ1n) is 6.94. The van der Waals surface area contributed by atoms with Crippen molar-refractivity contribution in [2.45, 2.75) is 42.2 Å². The van der Waals surface area contributed by atoms with E-state index in [1.54, 1.807) is 11.8 Å². The minimum Gasteiger partial charge on any atom is -0.339 e. The van der Waals surface area contributed by atoms with Gasteiger partial charge in [-0.3, -0.25) is 0 Å². The van der Waals surface area contributed by atoms with Gasteiger partial charge in [-0.2, -0.15) is 4.98 Å². The molecule has 20 heavy (non-hydrogen) atoms. The van der Waals surface area contributed by atoms with E-state index in [0.717, 1.165) is 30.3 Å². The van der Waals surface area contributed by atoms with E-state index in [4.69, 9.17) is 10.3 Å². The Hall–Kier alpha value is -1.33. The third kappa shape index (κ3) is 2.60. The molecule has 0 amide bonds. The van der Waals surface area contributed by atoms with E-state index in [0.29, 0.717) is 6.54 Å². The van der Waals surface area contributed by atoms with E-state index in [1.165, 1.54) is 16.9 Å². The molecule has 4 nitrogen and oxygen atoms in total. The van der Waals surface area contributed by atoms with E-state index >= 15 is 0 Å². The summed E-state index contributed by atoms with van der Waals surface area (Å²) >= 11 is 1.72. The molecular weight excluding hydrogens is 270 g/mol. The van der Waals surface area contributed by atoms with Gasteiger partial charge in [0.2, 0.25) is 5.89 Å². The minimum atomic E-state index is -0.0419. The molecule has 1 aromatic heterocycles. The normalized spacial score (nSPS) is 16.9. The van der Waals surface area contributed by atoms with E-state index in [1.807, 2.05) is 0 Å². The van der Waals surface area contributed by atoms with Crippen LogP contribution in [0.4, 0.5) is 0 Å². The molecule has 1 fully saturated rings. The first-order chi connectivity index (χ1) is 9.72. The molecule has 106 valence electrons. The number of hydrogen-bond donors (Lipinski definition) is 1. The molecule has 0 bridgehead atoms. The van der Waals surface area contributed by atoms with Crippen LogP contribution in [0.15, 0.2) is 33.7 Å². The van der Waals surface area contributed by atoms with Gasteiger partial charge in [0.1, 0.15) is 0 Å². The topological polar surface area (TPSA) is 64.9 Å². The standard InChI is InChI=1S/C15H19N3OS/c1-11-3-5-12(6-4-11)20-9-13-17-14(19-18-13)15(10-16)7-2-8-15/h3-6H,2,7-10,16H2,1H3. The Bertz CT molecular complexity index is 570. The maximum atomic E-state index is 5.86. The van der Waals surface area contributed by atoms with Crippen LogP contribution in [0.5, 0.6) is 0 Å².